The van der Waals surface area contributed by atoms with Crippen molar-refractivity contribution >= 4 is 49.8 Å². The number of aromatic nitrogens is 2. The lowest BCUT2D eigenvalue weighted by molar-refractivity contribution is 0.102. The standard InChI is InChI=1S/C20H21N5O4S3/c21-32(27,28)15-6-7-17(25-8-10-29-11-9-25)16(12-15)18(26)22-19-23-24-20(31-19)30-13-14-4-2-1-3-5-14/h1-7,12H,8-11,13H2,(H2,21,27,28)(H,22,23,26). The highest BCUT2D eigenvalue weighted by molar-refractivity contribution is 8.00. The Morgan fingerprint density at radius 1 is 1.16 bits per heavy atom. The number of rotatable bonds is 7. The zero-order valence-electron chi connectivity index (χ0n) is 16.9. The second kappa shape index (κ2) is 9.96. The average molecular weight is 492 g/mol. The molecule has 1 aliphatic rings. The summed E-state index contributed by atoms with van der Waals surface area (Å²) in [5.41, 5.74) is 1.97. The number of nitrogens with zero attached hydrogens (tertiary/aromatic N) is 3. The molecular formula is C20H21N5O4S3. The van der Waals surface area contributed by atoms with Gasteiger partial charge in [0, 0.05) is 24.5 Å². The molecule has 0 spiro atoms. The summed E-state index contributed by atoms with van der Waals surface area (Å²) in [6.45, 7) is 2.23. The minimum Gasteiger partial charge on any atom is -0.378 e. The Morgan fingerprint density at radius 2 is 1.91 bits per heavy atom. The van der Waals surface area contributed by atoms with E-state index >= 15 is 0 Å². The summed E-state index contributed by atoms with van der Waals surface area (Å²) < 4.78 is 29.8. The topological polar surface area (TPSA) is 128 Å². The first kappa shape index (κ1) is 22.7. The third kappa shape index (κ3) is 5.64. The normalized spacial score (nSPS) is 14.3. The molecule has 0 unspecified atom stereocenters. The van der Waals surface area contributed by atoms with E-state index < -0.39 is 15.9 Å². The van der Waals surface area contributed by atoms with Crippen molar-refractivity contribution in [3.05, 3.63) is 59.7 Å². The van der Waals surface area contributed by atoms with Gasteiger partial charge in [-0.2, -0.15) is 0 Å². The van der Waals surface area contributed by atoms with Crippen LogP contribution in [0.2, 0.25) is 0 Å². The molecular weight excluding hydrogens is 470 g/mol. The fourth-order valence-corrected chi connectivity index (χ4v) is 5.40. The number of ether oxygens (including phenoxy) is 1. The summed E-state index contributed by atoms with van der Waals surface area (Å²) >= 11 is 2.78. The molecule has 1 saturated heterocycles. The fraction of sp³-hybridized carbons (Fsp3) is 0.250. The van der Waals surface area contributed by atoms with Gasteiger partial charge in [0.25, 0.3) is 5.91 Å². The highest BCUT2D eigenvalue weighted by atomic mass is 32.2. The van der Waals surface area contributed by atoms with Crippen LogP contribution in [-0.4, -0.2) is 50.8 Å². The number of benzene rings is 2. The third-order valence-corrected chi connectivity index (χ3v) is 7.68. The largest absolute Gasteiger partial charge is 0.378 e. The zero-order chi connectivity index (χ0) is 22.6. The van der Waals surface area contributed by atoms with Crippen LogP contribution in [0.5, 0.6) is 0 Å². The molecule has 2 aromatic carbocycles. The van der Waals surface area contributed by atoms with Crippen LogP contribution in [0.15, 0.2) is 57.8 Å². The summed E-state index contributed by atoms with van der Waals surface area (Å²) in [5, 5.41) is 16.5. The van der Waals surface area contributed by atoms with Crippen LogP contribution >= 0.6 is 23.1 Å². The maximum atomic E-state index is 13.1. The van der Waals surface area contributed by atoms with Gasteiger partial charge in [-0.15, -0.1) is 10.2 Å². The van der Waals surface area contributed by atoms with Gasteiger partial charge in [0.15, 0.2) is 4.34 Å². The molecule has 1 amide bonds. The van der Waals surface area contributed by atoms with Crippen LogP contribution < -0.4 is 15.4 Å². The Labute approximate surface area is 194 Å². The SMILES string of the molecule is NS(=O)(=O)c1ccc(N2CCOCC2)c(C(=O)Nc2nnc(SCc3ccccc3)s2)c1. The Morgan fingerprint density at radius 3 is 2.62 bits per heavy atom. The number of nitrogens with one attached hydrogen (secondary N) is 1. The van der Waals surface area contributed by atoms with Crippen molar-refractivity contribution < 1.29 is 17.9 Å². The van der Waals surface area contributed by atoms with Crippen LogP contribution in [0.25, 0.3) is 0 Å². The quantitative estimate of drug-likeness (QED) is 0.381. The smallest absolute Gasteiger partial charge is 0.259 e. The summed E-state index contributed by atoms with van der Waals surface area (Å²) in [4.78, 5) is 14.9. The Balaban J connectivity index is 1.52. The van der Waals surface area contributed by atoms with Crippen LogP contribution in [-0.2, 0) is 20.5 Å². The summed E-state index contributed by atoms with van der Waals surface area (Å²) in [7, 11) is -3.96. The number of anilines is 2. The number of carbonyl (C=O) groups is 1. The molecule has 0 aliphatic carbocycles. The monoisotopic (exact) mass is 491 g/mol. The molecule has 1 aliphatic heterocycles. The van der Waals surface area contributed by atoms with Crippen LogP contribution in [0.3, 0.4) is 0 Å². The number of thioether (sulfide) groups is 1. The molecule has 0 bridgehead atoms. The van der Waals surface area contributed by atoms with E-state index in [9.17, 15) is 13.2 Å². The number of morpholine rings is 1. The molecule has 3 N–H and O–H groups in total. The number of nitrogens with two attached hydrogens (primary N) is 1. The van der Waals surface area contributed by atoms with Crippen molar-refractivity contribution in [3.8, 4) is 0 Å². The molecule has 168 valence electrons. The van der Waals surface area contributed by atoms with E-state index in [4.69, 9.17) is 9.88 Å². The van der Waals surface area contributed by atoms with E-state index in [1.165, 1.54) is 35.2 Å². The first-order chi connectivity index (χ1) is 15.4. The van der Waals surface area contributed by atoms with Gasteiger partial charge in [0.2, 0.25) is 15.2 Å². The molecule has 32 heavy (non-hydrogen) atoms. The van der Waals surface area contributed by atoms with Gasteiger partial charge < -0.3 is 9.64 Å². The van der Waals surface area contributed by atoms with Gasteiger partial charge in [-0.25, -0.2) is 13.6 Å². The molecule has 3 aromatic rings. The van der Waals surface area contributed by atoms with E-state index in [0.717, 1.165) is 15.7 Å². The van der Waals surface area contributed by atoms with Crippen molar-refractivity contribution in [2.45, 2.75) is 15.0 Å². The van der Waals surface area contributed by atoms with Gasteiger partial charge in [0.1, 0.15) is 0 Å². The molecule has 1 aromatic heterocycles. The number of sulfonamides is 1. The van der Waals surface area contributed by atoms with E-state index in [2.05, 4.69) is 15.5 Å². The first-order valence-corrected chi connectivity index (χ1v) is 13.1. The molecule has 0 atom stereocenters. The molecule has 0 radical (unpaired) electrons. The zero-order valence-corrected chi connectivity index (χ0v) is 19.4. The second-order valence-corrected chi connectivity index (χ2v) is 10.7. The van der Waals surface area contributed by atoms with Crippen molar-refractivity contribution in [2.24, 2.45) is 5.14 Å². The second-order valence-electron chi connectivity index (χ2n) is 6.92. The highest BCUT2D eigenvalue weighted by Crippen LogP contribution is 2.30. The van der Waals surface area contributed by atoms with Gasteiger partial charge >= 0.3 is 0 Å². The Kier molecular flexibility index (Phi) is 7.06. The van der Waals surface area contributed by atoms with Crippen molar-refractivity contribution in [2.75, 3.05) is 36.5 Å². The van der Waals surface area contributed by atoms with E-state index in [0.29, 0.717) is 37.1 Å². The van der Waals surface area contributed by atoms with Gasteiger partial charge in [-0.05, 0) is 23.8 Å². The molecule has 1 fully saturated rings. The number of hydrogen-bond donors (Lipinski definition) is 2. The number of amides is 1. The van der Waals surface area contributed by atoms with E-state index in [1.807, 2.05) is 35.2 Å². The van der Waals surface area contributed by atoms with E-state index in [-0.39, 0.29) is 10.5 Å². The highest BCUT2D eigenvalue weighted by Gasteiger charge is 2.22. The maximum Gasteiger partial charge on any atom is 0.259 e. The maximum absolute atomic E-state index is 13.1. The molecule has 9 nitrogen and oxygen atoms in total. The Bertz CT molecular complexity index is 1190. The van der Waals surface area contributed by atoms with Gasteiger partial charge in [0.05, 0.1) is 23.7 Å². The fourth-order valence-electron chi connectivity index (χ4n) is 3.16. The summed E-state index contributed by atoms with van der Waals surface area (Å²) in [6.07, 6.45) is 0. The van der Waals surface area contributed by atoms with Crippen molar-refractivity contribution in [3.63, 3.8) is 0 Å². The molecule has 0 saturated carbocycles. The predicted molar refractivity (Wildman–Crippen MR) is 125 cm³/mol. The lowest BCUT2D eigenvalue weighted by Crippen LogP contribution is -2.37. The molecule has 12 heteroatoms. The van der Waals surface area contributed by atoms with Crippen LogP contribution in [0.1, 0.15) is 15.9 Å². The Hall–Kier alpha value is -2.51. The van der Waals surface area contributed by atoms with Crippen LogP contribution in [0.4, 0.5) is 10.8 Å². The molecule has 2 heterocycles. The van der Waals surface area contributed by atoms with Gasteiger partial charge in [-0.1, -0.05) is 53.4 Å². The molecule has 4 rings (SSSR count). The summed E-state index contributed by atoms with van der Waals surface area (Å²) in [6, 6.07) is 14.3. The van der Waals surface area contributed by atoms with Crippen LogP contribution in [0, 0.1) is 0 Å². The first-order valence-electron chi connectivity index (χ1n) is 9.71. The predicted octanol–water partition coefficient (Wildman–Crippen LogP) is 2.57. The van der Waals surface area contributed by atoms with Crippen molar-refractivity contribution in [1.82, 2.24) is 10.2 Å². The minimum atomic E-state index is -3.96. The number of hydrogen-bond acceptors (Lipinski definition) is 9. The number of carbonyl (C=O) groups excluding carboxylic acids is 1. The third-order valence-electron chi connectivity index (χ3n) is 4.73. The summed E-state index contributed by atoms with van der Waals surface area (Å²) in [5.74, 6) is 0.258. The average Bonchev–Trinajstić information content (AvgIpc) is 3.25. The lowest BCUT2D eigenvalue weighted by atomic mass is 10.1. The van der Waals surface area contributed by atoms with Gasteiger partial charge in [-0.3, -0.25) is 10.1 Å². The lowest BCUT2D eigenvalue weighted by Gasteiger charge is -2.30. The van der Waals surface area contributed by atoms with E-state index in [1.54, 1.807) is 6.07 Å². The number of primary sulfonamides is 1. The van der Waals surface area contributed by atoms with Crippen molar-refractivity contribution in [1.29, 1.82) is 0 Å². The minimum absolute atomic E-state index is 0.129.